The van der Waals surface area contributed by atoms with Gasteiger partial charge in [-0.1, -0.05) is 49.1 Å². The Labute approximate surface area is 236 Å². The van der Waals surface area contributed by atoms with E-state index in [9.17, 15) is 4.79 Å². The summed E-state index contributed by atoms with van der Waals surface area (Å²) in [5, 5.41) is 4.06. The van der Waals surface area contributed by atoms with Crippen molar-refractivity contribution in [2.24, 2.45) is 10.9 Å². The third-order valence-corrected chi connectivity index (χ3v) is 9.14. The van der Waals surface area contributed by atoms with E-state index in [1.54, 1.807) is 0 Å². The molecule has 7 heteroatoms. The molecule has 2 aromatic rings. The van der Waals surface area contributed by atoms with E-state index >= 15 is 0 Å². The number of benzene rings is 1. The lowest BCUT2D eigenvalue weighted by Crippen LogP contribution is -2.49. The first kappa shape index (κ1) is 26.1. The lowest BCUT2D eigenvalue weighted by molar-refractivity contribution is 0.162. The molecule has 6 nitrogen and oxygen atoms in total. The van der Waals surface area contributed by atoms with Gasteiger partial charge in [0.1, 0.15) is 5.82 Å². The maximum Gasteiger partial charge on any atom is 0.317 e. The SMILES string of the molecule is Cc1nccn1CC1=CC2=CCC=CN=C2C(C2CCN(C(=O)NC3CCCCC3)CC2)c2ccc(Cl)cc21. The van der Waals surface area contributed by atoms with Crippen LogP contribution in [0.15, 0.2) is 65.6 Å². The summed E-state index contributed by atoms with van der Waals surface area (Å²) in [6.07, 6.45) is 21.3. The van der Waals surface area contributed by atoms with E-state index in [1.807, 2.05) is 36.5 Å². The number of likely N-dealkylation sites (tertiary alicyclic amines) is 1. The summed E-state index contributed by atoms with van der Waals surface area (Å²) < 4.78 is 2.19. The number of carbonyl (C=O) groups excluding carboxylic acids is 1. The third-order valence-electron chi connectivity index (χ3n) is 8.90. The number of nitrogens with zero attached hydrogens (tertiary/aromatic N) is 4. The van der Waals surface area contributed by atoms with E-state index in [-0.39, 0.29) is 11.9 Å². The lowest BCUT2D eigenvalue weighted by atomic mass is 9.75. The highest BCUT2D eigenvalue weighted by Crippen LogP contribution is 2.43. The monoisotopic (exact) mass is 543 g/mol. The predicted molar refractivity (Wildman–Crippen MR) is 158 cm³/mol. The minimum Gasteiger partial charge on any atom is -0.335 e. The summed E-state index contributed by atoms with van der Waals surface area (Å²) in [6, 6.07) is 6.80. The van der Waals surface area contributed by atoms with Crippen LogP contribution in [-0.4, -0.2) is 45.3 Å². The summed E-state index contributed by atoms with van der Waals surface area (Å²) in [5.41, 5.74) is 6.03. The molecular weight excluding hydrogens is 506 g/mol. The highest BCUT2D eigenvalue weighted by atomic mass is 35.5. The topological polar surface area (TPSA) is 62.5 Å². The zero-order valence-corrected chi connectivity index (χ0v) is 23.5. The van der Waals surface area contributed by atoms with Crippen LogP contribution in [0.25, 0.3) is 5.57 Å². The number of nitrogens with one attached hydrogen (secondary N) is 1. The van der Waals surface area contributed by atoms with Crippen molar-refractivity contribution in [2.75, 3.05) is 13.1 Å². The first-order valence-corrected chi connectivity index (χ1v) is 14.9. The fourth-order valence-electron chi connectivity index (χ4n) is 6.76. The predicted octanol–water partition coefficient (Wildman–Crippen LogP) is 7.06. The van der Waals surface area contributed by atoms with Crippen molar-refractivity contribution in [1.82, 2.24) is 19.8 Å². The molecule has 1 unspecified atom stereocenters. The number of carbonyl (C=O) groups is 1. The van der Waals surface area contributed by atoms with Gasteiger partial charge in [0, 0.05) is 55.2 Å². The maximum absolute atomic E-state index is 13.1. The van der Waals surface area contributed by atoms with Gasteiger partial charge in [0.05, 0.1) is 5.71 Å². The molecule has 2 aliphatic heterocycles. The summed E-state index contributed by atoms with van der Waals surface area (Å²) in [7, 11) is 0. The zero-order chi connectivity index (χ0) is 26.8. The number of rotatable bonds is 4. The highest BCUT2D eigenvalue weighted by molar-refractivity contribution is 6.30. The Morgan fingerprint density at radius 1 is 1.13 bits per heavy atom. The van der Waals surface area contributed by atoms with Gasteiger partial charge < -0.3 is 14.8 Å². The molecule has 1 saturated heterocycles. The second kappa shape index (κ2) is 11.5. The van der Waals surface area contributed by atoms with Crippen molar-refractivity contribution in [1.29, 1.82) is 0 Å². The van der Waals surface area contributed by atoms with E-state index in [0.29, 0.717) is 12.0 Å². The molecule has 0 bridgehead atoms. The van der Waals surface area contributed by atoms with Crippen molar-refractivity contribution in [3.8, 4) is 0 Å². The van der Waals surface area contributed by atoms with Gasteiger partial charge in [-0.05, 0) is 85.4 Å². The van der Waals surface area contributed by atoms with Gasteiger partial charge in [-0.25, -0.2) is 9.78 Å². The average Bonchev–Trinajstić information content (AvgIpc) is 3.15. The number of allylic oxidation sites excluding steroid dienone is 5. The van der Waals surface area contributed by atoms with Crippen LogP contribution in [0.1, 0.15) is 74.2 Å². The molecule has 0 spiro atoms. The first-order valence-electron chi connectivity index (χ1n) is 14.5. The Kier molecular flexibility index (Phi) is 7.73. The quantitative estimate of drug-likeness (QED) is 0.448. The number of halogens is 1. The number of aromatic nitrogens is 2. The number of imidazole rings is 1. The molecule has 4 aliphatic rings. The molecule has 2 aliphatic carbocycles. The smallest absolute Gasteiger partial charge is 0.317 e. The number of piperidine rings is 1. The van der Waals surface area contributed by atoms with Crippen molar-refractivity contribution >= 4 is 28.9 Å². The molecule has 39 heavy (non-hydrogen) atoms. The highest BCUT2D eigenvalue weighted by Gasteiger charge is 2.37. The molecule has 0 radical (unpaired) electrons. The van der Waals surface area contributed by atoms with Crippen molar-refractivity contribution in [3.05, 3.63) is 82.6 Å². The Morgan fingerprint density at radius 2 is 1.95 bits per heavy atom. The van der Waals surface area contributed by atoms with Gasteiger partial charge in [0.25, 0.3) is 0 Å². The fourth-order valence-corrected chi connectivity index (χ4v) is 6.93. The first-order chi connectivity index (χ1) is 19.1. The Hall–Kier alpha value is -3.12. The minimum absolute atomic E-state index is 0.114. The molecule has 1 saturated carbocycles. The van der Waals surface area contributed by atoms with Crippen LogP contribution in [0.3, 0.4) is 0 Å². The lowest BCUT2D eigenvalue weighted by Gasteiger charge is -2.38. The Bertz CT molecular complexity index is 1340. The normalized spacial score (nSPS) is 22.2. The maximum atomic E-state index is 13.1. The van der Waals surface area contributed by atoms with Crippen LogP contribution in [0.5, 0.6) is 0 Å². The standard InChI is InChI=1S/C32H38ClN5O/c1-22-34-15-18-38(22)21-25-19-24-7-5-6-14-35-31(24)30(28-11-10-26(33)20-29(25)28)23-12-16-37(17-13-23)32(39)36-27-8-3-2-4-9-27/h6-7,10-11,14-15,18-20,23,27,30H,2-5,8-9,12-13,16-17,21H2,1H3,(H,36,39). The van der Waals surface area contributed by atoms with Crippen LogP contribution in [0.2, 0.25) is 5.02 Å². The molecular formula is C32H38ClN5O. The number of hydrogen-bond donors (Lipinski definition) is 1. The Balaban J connectivity index is 1.29. The molecule has 6 rings (SSSR count). The number of aliphatic imine (C=N–C) groups is 1. The molecule has 3 heterocycles. The van der Waals surface area contributed by atoms with Crippen LogP contribution < -0.4 is 5.32 Å². The van der Waals surface area contributed by atoms with Crippen LogP contribution in [0.4, 0.5) is 4.79 Å². The molecule has 204 valence electrons. The van der Waals surface area contributed by atoms with Crippen molar-refractivity contribution in [2.45, 2.75) is 76.8 Å². The van der Waals surface area contributed by atoms with E-state index in [2.05, 4.69) is 45.2 Å². The van der Waals surface area contributed by atoms with Crippen molar-refractivity contribution < 1.29 is 4.79 Å². The number of amides is 2. The number of urea groups is 1. The molecule has 1 atom stereocenters. The summed E-state index contributed by atoms with van der Waals surface area (Å²) >= 11 is 6.60. The number of aryl methyl sites for hydroxylation is 1. The van der Waals surface area contributed by atoms with Gasteiger partial charge in [-0.3, -0.25) is 4.99 Å². The van der Waals surface area contributed by atoms with E-state index in [4.69, 9.17) is 16.6 Å². The van der Waals surface area contributed by atoms with Crippen LogP contribution >= 0.6 is 11.6 Å². The second-order valence-electron chi connectivity index (χ2n) is 11.4. The van der Waals surface area contributed by atoms with Crippen molar-refractivity contribution in [3.63, 3.8) is 0 Å². The van der Waals surface area contributed by atoms with Gasteiger partial charge in [0.15, 0.2) is 0 Å². The van der Waals surface area contributed by atoms with E-state index in [0.717, 1.165) is 68.3 Å². The van der Waals surface area contributed by atoms with Crippen LogP contribution in [-0.2, 0) is 6.54 Å². The van der Waals surface area contributed by atoms with Gasteiger partial charge in [0.2, 0.25) is 0 Å². The molecule has 1 aromatic heterocycles. The zero-order valence-electron chi connectivity index (χ0n) is 22.8. The summed E-state index contributed by atoms with van der Waals surface area (Å²) in [5.74, 6) is 1.53. The Morgan fingerprint density at radius 3 is 2.72 bits per heavy atom. The molecule has 1 aromatic carbocycles. The van der Waals surface area contributed by atoms with E-state index < -0.39 is 0 Å². The van der Waals surface area contributed by atoms with Gasteiger partial charge in [-0.15, -0.1) is 0 Å². The second-order valence-corrected chi connectivity index (χ2v) is 11.8. The number of hydrogen-bond acceptors (Lipinski definition) is 3. The third kappa shape index (κ3) is 5.62. The molecule has 2 fully saturated rings. The fraction of sp³-hybridized carbons (Fsp3) is 0.469. The molecule has 2 amide bonds. The van der Waals surface area contributed by atoms with E-state index in [1.165, 1.54) is 41.5 Å². The summed E-state index contributed by atoms with van der Waals surface area (Å²) in [4.78, 5) is 24.6. The summed E-state index contributed by atoms with van der Waals surface area (Å²) in [6.45, 7) is 4.32. The molecule has 1 N–H and O–H groups in total. The largest absolute Gasteiger partial charge is 0.335 e. The minimum atomic E-state index is 0.114. The van der Waals surface area contributed by atoms with Gasteiger partial charge >= 0.3 is 6.03 Å². The average molecular weight is 544 g/mol. The van der Waals surface area contributed by atoms with Gasteiger partial charge in [-0.2, -0.15) is 0 Å². The number of fused-ring (bicyclic) bond motifs is 2. The van der Waals surface area contributed by atoms with Crippen LogP contribution in [0, 0.1) is 12.8 Å².